The fourth-order valence-electron chi connectivity index (χ4n) is 2.29. The quantitative estimate of drug-likeness (QED) is 0.643. The van der Waals surface area contributed by atoms with Crippen molar-refractivity contribution < 1.29 is 9.90 Å². The second-order valence-electron chi connectivity index (χ2n) is 5.15. The molecule has 0 bridgehead atoms. The summed E-state index contributed by atoms with van der Waals surface area (Å²) in [7, 11) is 0. The molecule has 1 saturated heterocycles. The first kappa shape index (κ1) is 14.2. The second kappa shape index (κ2) is 7.36. The molecule has 1 aliphatic heterocycles. The smallest absolute Gasteiger partial charge is 0.239 e. The summed E-state index contributed by atoms with van der Waals surface area (Å²) >= 11 is 1.83. The van der Waals surface area contributed by atoms with E-state index in [4.69, 9.17) is 5.11 Å². The van der Waals surface area contributed by atoms with Gasteiger partial charge in [-0.1, -0.05) is 0 Å². The van der Waals surface area contributed by atoms with Gasteiger partial charge in [0.05, 0.1) is 6.04 Å². The molecule has 1 atom stereocenters. The Hall–Kier alpha value is -0.260. The fourth-order valence-corrected chi connectivity index (χ4v) is 3.18. The first-order valence-corrected chi connectivity index (χ1v) is 8.20. The third kappa shape index (κ3) is 4.44. The number of nitrogens with zero attached hydrogens (tertiary/aromatic N) is 1. The van der Waals surface area contributed by atoms with Crippen LogP contribution < -0.4 is 5.32 Å². The number of hydrogen-bond acceptors (Lipinski definition) is 4. The molecule has 5 heteroatoms. The van der Waals surface area contributed by atoms with Crippen LogP contribution in [0, 0.1) is 0 Å². The molecule has 1 unspecified atom stereocenters. The van der Waals surface area contributed by atoms with Gasteiger partial charge in [0, 0.05) is 31.5 Å². The van der Waals surface area contributed by atoms with Crippen molar-refractivity contribution in [3.8, 4) is 0 Å². The molecule has 0 aromatic heterocycles. The number of aliphatic hydroxyl groups excluding tert-OH is 1. The Balaban J connectivity index is 1.65. The fraction of sp³-hybridized carbons (Fsp3) is 0.923. The van der Waals surface area contributed by atoms with Crippen LogP contribution in [0.3, 0.4) is 0 Å². The molecule has 0 aromatic carbocycles. The van der Waals surface area contributed by atoms with Crippen LogP contribution in [0.4, 0.5) is 0 Å². The number of carbonyl (C=O) groups excluding carboxylic acids is 1. The van der Waals surface area contributed by atoms with Gasteiger partial charge in [-0.3, -0.25) is 4.79 Å². The van der Waals surface area contributed by atoms with E-state index in [1.54, 1.807) is 0 Å². The number of thioether (sulfide) groups is 1. The van der Waals surface area contributed by atoms with Gasteiger partial charge < -0.3 is 15.3 Å². The lowest BCUT2D eigenvalue weighted by Gasteiger charge is -2.32. The minimum Gasteiger partial charge on any atom is -0.396 e. The number of nitrogens with one attached hydrogen (secondary N) is 1. The molecule has 1 amide bonds. The van der Waals surface area contributed by atoms with Gasteiger partial charge in [-0.25, -0.2) is 0 Å². The summed E-state index contributed by atoms with van der Waals surface area (Å²) < 4.78 is 0. The molecule has 1 heterocycles. The predicted octanol–water partition coefficient (Wildman–Crippen LogP) is 0.845. The Kier molecular flexibility index (Phi) is 5.79. The number of amides is 1. The van der Waals surface area contributed by atoms with Crippen LogP contribution in [-0.4, -0.2) is 59.2 Å². The van der Waals surface area contributed by atoms with Gasteiger partial charge in [0.1, 0.15) is 0 Å². The Bertz CT molecular complexity index is 272. The van der Waals surface area contributed by atoms with E-state index < -0.39 is 0 Å². The number of carbonyl (C=O) groups is 1. The summed E-state index contributed by atoms with van der Waals surface area (Å²) in [4.78, 5) is 14.2. The maximum atomic E-state index is 12.2. The van der Waals surface area contributed by atoms with Gasteiger partial charge in [-0.05, 0) is 37.9 Å². The molecule has 2 rings (SSSR count). The van der Waals surface area contributed by atoms with Crippen molar-refractivity contribution in [1.82, 2.24) is 10.2 Å². The highest BCUT2D eigenvalue weighted by molar-refractivity contribution is 7.99. The first-order valence-electron chi connectivity index (χ1n) is 7.04. The van der Waals surface area contributed by atoms with Crippen molar-refractivity contribution in [3.63, 3.8) is 0 Å². The normalized spacial score (nSPS) is 24.6. The maximum Gasteiger partial charge on any atom is 0.239 e. The predicted molar refractivity (Wildman–Crippen MR) is 74.8 cm³/mol. The average Bonchev–Trinajstić information content (AvgIpc) is 3.17. The van der Waals surface area contributed by atoms with Gasteiger partial charge in [0.2, 0.25) is 5.91 Å². The van der Waals surface area contributed by atoms with Gasteiger partial charge >= 0.3 is 0 Å². The molecular formula is C13H24N2O2S. The summed E-state index contributed by atoms with van der Waals surface area (Å²) in [5.41, 5.74) is 0. The lowest BCUT2D eigenvalue weighted by molar-refractivity contribution is -0.135. The molecule has 18 heavy (non-hydrogen) atoms. The van der Waals surface area contributed by atoms with E-state index in [1.807, 2.05) is 16.7 Å². The zero-order valence-electron chi connectivity index (χ0n) is 10.9. The van der Waals surface area contributed by atoms with Gasteiger partial charge in [0.15, 0.2) is 0 Å². The number of aliphatic hydroxyl groups is 1. The maximum absolute atomic E-state index is 12.2. The molecule has 0 radical (unpaired) electrons. The van der Waals surface area contributed by atoms with Crippen molar-refractivity contribution in [2.45, 2.75) is 44.2 Å². The zero-order chi connectivity index (χ0) is 12.8. The second-order valence-corrected chi connectivity index (χ2v) is 6.38. The van der Waals surface area contributed by atoms with Gasteiger partial charge in [0.25, 0.3) is 0 Å². The molecule has 2 N–H and O–H groups in total. The highest BCUT2D eigenvalue weighted by Gasteiger charge is 2.32. The molecule has 4 nitrogen and oxygen atoms in total. The molecule has 1 saturated carbocycles. The topological polar surface area (TPSA) is 52.6 Å². The zero-order valence-corrected chi connectivity index (χ0v) is 11.8. The Morgan fingerprint density at radius 2 is 2.17 bits per heavy atom. The Morgan fingerprint density at radius 3 is 2.89 bits per heavy atom. The summed E-state index contributed by atoms with van der Waals surface area (Å²) in [6.07, 6.45) is 5.45. The van der Waals surface area contributed by atoms with Crippen LogP contribution in [0.1, 0.15) is 32.1 Å². The van der Waals surface area contributed by atoms with E-state index in [2.05, 4.69) is 5.32 Å². The van der Waals surface area contributed by atoms with E-state index in [0.717, 1.165) is 43.9 Å². The number of rotatable bonds is 8. The molecule has 1 aliphatic carbocycles. The van der Waals surface area contributed by atoms with Crippen molar-refractivity contribution in [2.24, 2.45) is 0 Å². The van der Waals surface area contributed by atoms with Crippen LogP contribution in [0.25, 0.3) is 0 Å². The monoisotopic (exact) mass is 272 g/mol. The highest BCUT2D eigenvalue weighted by Crippen LogP contribution is 2.22. The SMILES string of the molecule is O=C1C(NC2CC2)CCCN1CCSCCCO. The van der Waals surface area contributed by atoms with E-state index in [1.165, 1.54) is 12.8 Å². The number of piperidine rings is 1. The molecule has 2 fully saturated rings. The lowest BCUT2D eigenvalue weighted by Crippen LogP contribution is -2.51. The first-order chi connectivity index (χ1) is 8.81. The van der Waals surface area contributed by atoms with Gasteiger partial charge in [-0.15, -0.1) is 0 Å². The molecule has 2 aliphatic rings. The number of hydrogen-bond donors (Lipinski definition) is 2. The van der Waals surface area contributed by atoms with Crippen LogP contribution in [0.15, 0.2) is 0 Å². The molecule has 0 aromatic rings. The van der Waals surface area contributed by atoms with Crippen molar-refractivity contribution in [3.05, 3.63) is 0 Å². The summed E-state index contributed by atoms with van der Waals surface area (Å²) in [5, 5.41) is 12.1. The standard InChI is InChI=1S/C13H24N2O2S/c16-8-2-9-18-10-7-15-6-1-3-12(13(15)17)14-11-4-5-11/h11-12,14,16H,1-10H2. The Morgan fingerprint density at radius 1 is 1.33 bits per heavy atom. The van der Waals surface area contributed by atoms with E-state index in [9.17, 15) is 4.79 Å². The largest absolute Gasteiger partial charge is 0.396 e. The van der Waals surface area contributed by atoms with Gasteiger partial charge in [-0.2, -0.15) is 11.8 Å². The summed E-state index contributed by atoms with van der Waals surface area (Å²) in [6, 6.07) is 0.687. The van der Waals surface area contributed by atoms with Crippen LogP contribution in [0.2, 0.25) is 0 Å². The number of likely N-dealkylation sites (tertiary alicyclic amines) is 1. The van der Waals surface area contributed by atoms with E-state index in [0.29, 0.717) is 11.9 Å². The Labute approximate surface area is 113 Å². The lowest BCUT2D eigenvalue weighted by atomic mass is 10.0. The third-order valence-corrected chi connectivity index (χ3v) is 4.55. The average molecular weight is 272 g/mol. The van der Waals surface area contributed by atoms with Crippen molar-refractivity contribution >= 4 is 17.7 Å². The van der Waals surface area contributed by atoms with Crippen molar-refractivity contribution in [2.75, 3.05) is 31.2 Å². The van der Waals surface area contributed by atoms with Crippen LogP contribution in [0.5, 0.6) is 0 Å². The van der Waals surface area contributed by atoms with Crippen molar-refractivity contribution in [1.29, 1.82) is 0 Å². The van der Waals surface area contributed by atoms with E-state index >= 15 is 0 Å². The minimum atomic E-state index is 0.0775. The highest BCUT2D eigenvalue weighted by atomic mass is 32.2. The minimum absolute atomic E-state index is 0.0775. The summed E-state index contributed by atoms with van der Waals surface area (Å²) in [6.45, 7) is 2.04. The molecule has 104 valence electrons. The summed E-state index contributed by atoms with van der Waals surface area (Å²) in [5.74, 6) is 2.28. The van der Waals surface area contributed by atoms with E-state index in [-0.39, 0.29) is 12.6 Å². The molecular weight excluding hydrogens is 248 g/mol. The molecule has 0 spiro atoms. The van der Waals surface area contributed by atoms with Crippen LogP contribution >= 0.6 is 11.8 Å². The van der Waals surface area contributed by atoms with Crippen LogP contribution in [-0.2, 0) is 4.79 Å². The third-order valence-electron chi connectivity index (χ3n) is 3.50.